The standard InChI is InChI=1S/C8H13NS/c1-8(2,6-9)7-4-3-5-10-7/h7H,3-5H2,1-2H3. The van der Waals surface area contributed by atoms with E-state index in [2.05, 4.69) is 6.07 Å². The second kappa shape index (κ2) is 2.84. The number of hydrogen-bond donors (Lipinski definition) is 0. The molecule has 1 fully saturated rings. The highest BCUT2D eigenvalue weighted by atomic mass is 32.2. The quantitative estimate of drug-likeness (QED) is 0.580. The fourth-order valence-electron chi connectivity index (χ4n) is 1.22. The van der Waals surface area contributed by atoms with Crippen molar-refractivity contribution in [3.63, 3.8) is 0 Å². The van der Waals surface area contributed by atoms with Crippen LogP contribution in [0, 0.1) is 16.7 Å². The van der Waals surface area contributed by atoms with Crippen molar-refractivity contribution in [1.82, 2.24) is 0 Å². The van der Waals surface area contributed by atoms with Gasteiger partial charge in [0.15, 0.2) is 0 Å². The Labute approximate surface area is 66.8 Å². The van der Waals surface area contributed by atoms with Gasteiger partial charge >= 0.3 is 0 Å². The zero-order valence-electron chi connectivity index (χ0n) is 6.55. The lowest BCUT2D eigenvalue weighted by atomic mass is 9.89. The summed E-state index contributed by atoms with van der Waals surface area (Å²) in [5, 5.41) is 9.37. The molecule has 10 heavy (non-hydrogen) atoms. The van der Waals surface area contributed by atoms with Gasteiger partial charge in [0.25, 0.3) is 0 Å². The SMILES string of the molecule is CC(C)(C#N)C1CCCS1. The first-order valence-corrected chi connectivity index (χ1v) is 4.74. The van der Waals surface area contributed by atoms with Crippen molar-refractivity contribution in [3.05, 3.63) is 0 Å². The Morgan fingerprint density at radius 3 is 2.70 bits per heavy atom. The van der Waals surface area contributed by atoms with Crippen LogP contribution in [0.3, 0.4) is 0 Å². The van der Waals surface area contributed by atoms with Crippen LogP contribution in [-0.2, 0) is 0 Å². The van der Waals surface area contributed by atoms with Crippen molar-refractivity contribution in [2.45, 2.75) is 31.9 Å². The molecular weight excluding hydrogens is 142 g/mol. The molecule has 1 rings (SSSR count). The van der Waals surface area contributed by atoms with E-state index in [9.17, 15) is 0 Å². The molecule has 0 N–H and O–H groups in total. The Bertz CT molecular complexity index is 151. The maximum Gasteiger partial charge on any atom is 0.0695 e. The van der Waals surface area contributed by atoms with E-state index in [-0.39, 0.29) is 5.41 Å². The smallest absolute Gasteiger partial charge is 0.0695 e. The van der Waals surface area contributed by atoms with Gasteiger partial charge < -0.3 is 0 Å². The van der Waals surface area contributed by atoms with Crippen molar-refractivity contribution in [2.75, 3.05) is 5.75 Å². The highest BCUT2D eigenvalue weighted by molar-refractivity contribution is 8.00. The van der Waals surface area contributed by atoms with E-state index in [1.165, 1.54) is 18.6 Å². The normalized spacial score (nSPS) is 26.3. The predicted molar refractivity (Wildman–Crippen MR) is 44.9 cm³/mol. The molecule has 0 amide bonds. The molecule has 1 atom stereocenters. The number of nitriles is 1. The molecule has 0 aromatic carbocycles. The maximum atomic E-state index is 8.79. The molecule has 1 saturated heterocycles. The molecule has 56 valence electrons. The van der Waals surface area contributed by atoms with Gasteiger partial charge in [-0.15, -0.1) is 0 Å². The first-order chi connectivity index (χ1) is 4.67. The molecule has 1 heterocycles. The molecule has 0 aliphatic carbocycles. The van der Waals surface area contributed by atoms with Crippen LogP contribution >= 0.6 is 11.8 Å². The summed E-state index contributed by atoms with van der Waals surface area (Å²) in [6.45, 7) is 4.08. The Kier molecular flexibility index (Phi) is 2.25. The van der Waals surface area contributed by atoms with Crippen molar-refractivity contribution < 1.29 is 0 Å². The molecule has 0 spiro atoms. The van der Waals surface area contributed by atoms with Gasteiger partial charge in [0.2, 0.25) is 0 Å². The fourth-order valence-corrected chi connectivity index (χ4v) is 2.64. The molecule has 2 heteroatoms. The minimum Gasteiger partial charge on any atom is -0.198 e. The van der Waals surface area contributed by atoms with Crippen LogP contribution in [0.25, 0.3) is 0 Å². The van der Waals surface area contributed by atoms with Gasteiger partial charge in [-0.1, -0.05) is 0 Å². The summed E-state index contributed by atoms with van der Waals surface area (Å²) in [6.07, 6.45) is 2.52. The fraction of sp³-hybridized carbons (Fsp3) is 0.875. The maximum absolute atomic E-state index is 8.79. The second-order valence-corrected chi connectivity index (χ2v) is 4.65. The highest BCUT2D eigenvalue weighted by Gasteiger charge is 2.32. The van der Waals surface area contributed by atoms with Crippen molar-refractivity contribution in [1.29, 1.82) is 5.26 Å². The van der Waals surface area contributed by atoms with Gasteiger partial charge in [-0.3, -0.25) is 0 Å². The molecule has 0 radical (unpaired) electrons. The molecule has 0 aromatic heterocycles. The molecule has 1 aliphatic rings. The Balaban J connectivity index is 2.56. The number of nitrogens with zero attached hydrogens (tertiary/aromatic N) is 1. The third-order valence-electron chi connectivity index (χ3n) is 2.02. The summed E-state index contributed by atoms with van der Waals surface area (Å²) >= 11 is 1.95. The molecule has 0 aromatic rings. The summed E-state index contributed by atoms with van der Waals surface area (Å²) in [5.41, 5.74) is -0.110. The Morgan fingerprint density at radius 2 is 2.30 bits per heavy atom. The van der Waals surface area contributed by atoms with Gasteiger partial charge in [-0.2, -0.15) is 17.0 Å². The summed E-state index contributed by atoms with van der Waals surface area (Å²) in [4.78, 5) is 0. The van der Waals surface area contributed by atoms with E-state index >= 15 is 0 Å². The first kappa shape index (κ1) is 7.94. The van der Waals surface area contributed by atoms with Gasteiger partial charge in [0.1, 0.15) is 0 Å². The van der Waals surface area contributed by atoms with Crippen molar-refractivity contribution in [3.8, 4) is 6.07 Å². The summed E-state index contributed by atoms with van der Waals surface area (Å²) in [6, 6.07) is 2.36. The van der Waals surface area contributed by atoms with Crippen LogP contribution in [0.2, 0.25) is 0 Å². The van der Waals surface area contributed by atoms with Crippen LogP contribution in [-0.4, -0.2) is 11.0 Å². The van der Waals surface area contributed by atoms with E-state index in [0.717, 1.165) is 0 Å². The van der Waals surface area contributed by atoms with Gasteiger partial charge in [0, 0.05) is 5.25 Å². The summed E-state index contributed by atoms with van der Waals surface area (Å²) < 4.78 is 0. The third kappa shape index (κ3) is 1.46. The Morgan fingerprint density at radius 1 is 1.60 bits per heavy atom. The molecular formula is C8H13NS. The average molecular weight is 155 g/mol. The molecule has 0 bridgehead atoms. The van der Waals surface area contributed by atoms with E-state index in [0.29, 0.717) is 5.25 Å². The van der Waals surface area contributed by atoms with Crippen molar-refractivity contribution >= 4 is 11.8 Å². The lowest BCUT2D eigenvalue weighted by Crippen LogP contribution is -2.21. The predicted octanol–water partition coefficient (Wildman–Crippen LogP) is 2.43. The van der Waals surface area contributed by atoms with Crippen LogP contribution in [0.1, 0.15) is 26.7 Å². The Hall–Kier alpha value is -0.160. The second-order valence-electron chi connectivity index (χ2n) is 3.34. The van der Waals surface area contributed by atoms with Gasteiger partial charge in [-0.05, 0) is 32.4 Å². The highest BCUT2D eigenvalue weighted by Crippen LogP contribution is 2.38. The van der Waals surface area contributed by atoms with E-state index in [1.54, 1.807) is 0 Å². The zero-order chi connectivity index (χ0) is 7.61. The average Bonchev–Trinajstić information content (AvgIpc) is 2.38. The topological polar surface area (TPSA) is 23.8 Å². The molecule has 0 saturated carbocycles. The number of rotatable bonds is 1. The first-order valence-electron chi connectivity index (χ1n) is 3.69. The van der Waals surface area contributed by atoms with Crippen LogP contribution in [0.4, 0.5) is 0 Å². The lowest BCUT2D eigenvalue weighted by Gasteiger charge is -2.21. The van der Waals surface area contributed by atoms with E-state index in [4.69, 9.17) is 5.26 Å². The zero-order valence-corrected chi connectivity index (χ0v) is 7.37. The lowest BCUT2D eigenvalue weighted by molar-refractivity contribution is 0.460. The van der Waals surface area contributed by atoms with E-state index in [1.807, 2.05) is 25.6 Å². The summed E-state index contributed by atoms with van der Waals surface area (Å²) in [7, 11) is 0. The summed E-state index contributed by atoms with van der Waals surface area (Å²) in [5.74, 6) is 1.25. The van der Waals surface area contributed by atoms with Gasteiger partial charge in [0.05, 0.1) is 11.5 Å². The van der Waals surface area contributed by atoms with Crippen LogP contribution in [0.15, 0.2) is 0 Å². The largest absolute Gasteiger partial charge is 0.198 e. The third-order valence-corrected chi connectivity index (χ3v) is 3.77. The minimum atomic E-state index is -0.110. The molecule has 1 aliphatic heterocycles. The van der Waals surface area contributed by atoms with Gasteiger partial charge in [-0.25, -0.2) is 0 Å². The van der Waals surface area contributed by atoms with E-state index < -0.39 is 0 Å². The number of hydrogen-bond acceptors (Lipinski definition) is 2. The monoisotopic (exact) mass is 155 g/mol. The van der Waals surface area contributed by atoms with Crippen LogP contribution in [0.5, 0.6) is 0 Å². The van der Waals surface area contributed by atoms with Crippen molar-refractivity contribution in [2.24, 2.45) is 5.41 Å². The molecule has 1 unspecified atom stereocenters. The minimum absolute atomic E-state index is 0.110. The molecule has 1 nitrogen and oxygen atoms in total. The number of thioether (sulfide) groups is 1. The van der Waals surface area contributed by atoms with Crippen LogP contribution < -0.4 is 0 Å².